The highest BCUT2D eigenvalue weighted by molar-refractivity contribution is 7.21. The highest BCUT2D eigenvalue weighted by Gasteiger charge is 2.18. The van der Waals surface area contributed by atoms with Gasteiger partial charge >= 0.3 is 0 Å². The summed E-state index contributed by atoms with van der Waals surface area (Å²) in [5, 5.41) is 11.5. The van der Waals surface area contributed by atoms with E-state index in [1.165, 1.54) is 12.4 Å². The minimum atomic E-state index is -0.228. The number of nitrogens with zero attached hydrogens (tertiary/aromatic N) is 7. The molecular weight excluding hydrogens is 599 g/mol. The van der Waals surface area contributed by atoms with Gasteiger partial charge in [-0.15, -0.1) is 11.3 Å². The molecule has 0 saturated carbocycles. The van der Waals surface area contributed by atoms with E-state index < -0.39 is 0 Å². The minimum absolute atomic E-state index is 0.228. The van der Waals surface area contributed by atoms with Crippen LogP contribution in [0.15, 0.2) is 86.1 Å². The number of carbonyl (C=O) groups excluding carboxylic acids is 1. The molecule has 2 aromatic carbocycles. The van der Waals surface area contributed by atoms with E-state index >= 15 is 0 Å². The van der Waals surface area contributed by atoms with Gasteiger partial charge in [0.15, 0.2) is 5.65 Å². The summed E-state index contributed by atoms with van der Waals surface area (Å²) in [5.41, 5.74) is 5.44. The van der Waals surface area contributed by atoms with Crippen LogP contribution in [0.4, 0.5) is 17.2 Å². The Labute approximate surface area is 270 Å². The fourth-order valence-corrected chi connectivity index (χ4v) is 6.47. The van der Waals surface area contributed by atoms with Crippen LogP contribution in [0.3, 0.4) is 0 Å². The zero-order valence-corrected chi connectivity index (χ0v) is 26.4. The van der Waals surface area contributed by atoms with Crippen molar-refractivity contribution in [3.8, 4) is 21.9 Å². The standard InChI is InChI=1S/C34H33N9O2S/c1-4-32(44)40-28-16-23(5-6-24(28)19-42-13-11-41(3)12-14-42)30-18-27-33(36-20-37-34(27)46-30)39-25-7-8-29(22(2)15-25)45-26-9-10-43-31(17-26)35-21-38-43/h4-10,15-18,20-21H,1,11-14,19H2,2-3H3,(H,40,44)(H,36,37,39). The van der Waals surface area contributed by atoms with Crippen molar-refractivity contribution in [2.75, 3.05) is 43.9 Å². The quantitative estimate of drug-likeness (QED) is 0.182. The smallest absolute Gasteiger partial charge is 0.247 e. The van der Waals surface area contributed by atoms with E-state index in [1.54, 1.807) is 22.2 Å². The number of amides is 1. The number of piperazine rings is 1. The third-order valence-electron chi connectivity index (χ3n) is 8.07. The molecule has 0 unspecified atom stereocenters. The molecule has 0 aliphatic carbocycles. The Morgan fingerprint density at radius 3 is 2.72 bits per heavy atom. The molecule has 6 aromatic rings. The van der Waals surface area contributed by atoms with Crippen molar-refractivity contribution < 1.29 is 9.53 Å². The topological polar surface area (TPSA) is 113 Å². The van der Waals surface area contributed by atoms with Crippen LogP contribution in [0.25, 0.3) is 26.3 Å². The molecule has 0 spiro atoms. The zero-order chi connectivity index (χ0) is 31.6. The number of rotatable bonds is 9. The van der Waals surface area contributed by atoms with Gasteiger partial charge in [0.05, 0.1) is 5.39 Å². The Bertz CT molecular complexity index is 2060. The number of hydrogen-bond donors (Lipinski definition) is 2. The average Bonchev–Trinajstić information content (AvgIpc) is 3.72. The van der Waals surface area contributed by atoms with Crippen molar-refractivity contribution in [1.82, 2.24) is 34.4 Å². The number of carbonyl (C=O) groups is 1. The Morgan fingerprint density at radius 1 is 1.02 bits per heavy atom. The highest BCUT2D eigenvalue weighted by Crippen LogP contribution is 2.38. The number of nitrogens with one attached hydrogen (secondary N) is 2. The lowest BCUT2D eigenvalue weighted by Crippen LogP contribution is -2.43. The largest absolute Gasteiger partial charge is 0.457 e. The summed E-state index contributed by atoms with van der Waals surface area (Å²) in [6.45, 7) is 10.5. The number of aromatic nitrogens is 5. The molecule has 0 radical (unpaired) electrons. The third-order valence-corrected chi connectivity index (χ3v) is 9.17. The van der Waals surface area contributed by atoms with Crippen LogP contribution < -0.4 is 15.4 Å². The van der Waals surface area contributed by atoms with Crippen molar-refractivity contribution in [3.63, 3.8) is 0 Å². The number of ether oxygens (including phenoxy) is 1. The van der Waals surface area contributed by atoms with Crippen molar-refractivity contribution in [1.29, 1.82) is 0 Å². The van der Waals surface area contributed by atoms with E-state index in [9.17, 15) is 4.79 Å². The highest BCUT2D eigenvalue weighted by atomic mass is 32.1. The first-order valence-electron chi connectivity index (χ1n) is 15.0. The number of likely N-dealkylation sites (N-methyl/N-ethyl adjacent to an activating group) is 1. The molecule has 1 saturated heterocycles. The number of benzene rings is 2. The molecule has 7 rings (SSSR count). The van der Waals surface area contributed by atoms with Crippen LogP contribution in [0.2, 0.25) is 0 Å². The van der Waals surface area contributed by atoms with E-state index in [-0.39, 0.29) is 5.91 Å². The van der Waals surface area contributed by atoms with Gasteiger partial charge in [-0.05, 0) is 73.1 Å². The predicted molar refractivity (Wildman–Crippen MR) is 182 cm³/mol. The van der Waals surface area contributed by atoms with E-state index in [0.29, 0.717) is 11.6 Å². The van der Waals surface area contributed by atoms with Gasteiger partial charge in [-0.2, -0.15) is 5.10 Å². The lowest BCUT2D eigenvalue weighted by atomic mass is 10.1. The molecule has 1 amide bonds. The van der Waals surface area contributed by atoms with Crippen molar-refractivity contribution >= 4 is 50.3 Å². The molecule has 1 aliphatic rings. The van der Waals surface area contributed by atoms with E-state index in [2.05, 4.69) is 72.3 Å². The molecule has 0 bridgehead atoms. The maximum absolute atomic E-state index is 12.4. The van der Waals surface area contributed by atoms with Crippen molar-refractivity contribution in [3.05, 3.63) is 97.2 Å². The summed E-state index contributed by atoms with van der Waals surface area (Å²) in [5.74, 6) is 1.92. The maximum Gasteiger partial charge on any atom is 0.247 e. The zero-order valence-electron chi connectivity index (χ0n) is 25.6. The first-order chi connectivity index (χ1) is 22.4. The molecule has 12 heteroatoms. The second kappa shape index (κ2) is 12.7. The van der Waals surface area contributed by atoms with Gasteiger partial charge < -0.3 is 20.3 Å². The molecule has 1 aliphatic heterocycles. The normalized spacial score (nSPS) is 14.0. The molecule has 1 fully saturated rings. The summed E-state index contributed by atoms with van der Waals surface area (Å²) in [4.78, 5) is 32.4. The molecule has 2 N–H and O–H groups in total. The van der Waals surface area contributed by atoms with Gasteiger partial charge in [0, 0.05) is 61.2 Å². The number of thiophene rings is 1. The Balaban J connectivity index is 1.12. The van der Waals surface area contributed by atoms with Gasteiger partial charge in [-0.25, -0.2) is 19.5 Å². The predicted octanol–water partition coefficient (Wildman–Crippen LogP) is 6.12. The molecule has 4 aromatic heterocycles. The average molecular weight is 632 g/mol. The monoisotopic (exact) mass is 631 g/mol. The van der Waals surface area contributed by atoms with Gasteiger partial charge in [-0.3, -0.25) is 9.69 Å². The fraction of sp³-hybridized carbons (Fsp3) is 0.206. The summed E-state index contributed by atoms with van der Waals surface area (Å²) >= 11 is 1.59. The number of fused-ring (bicyclic) bond motifs is 2. The van der Waals surface area contributed by atoms with Crippen LogP contribution in [0, 0.1) is 6.92 Å². The van der Waals surface area contributed by atoms with Gasteiger partial charge in [0.25, 0.3) is 0 Å². The summed E-state index contributed by atoms with van der Waals surface area (Å²) in [6.07, 6.45) is 6.21. The van der Waals surface area contributed by atoms with Crippen LogP contribution in [-0.4, -0.2) is 73.5 Å². The van der Waals surface area contributed by atoms with Gasteiger partial charge in [0.2, 0.25) is 5.91 Å². The summed E-state index contributed by atoms with van der Waals surface area (Å²) in [6, 6.07) is 18.0. The Morgan fingerprint density at radius 2 is 1.89 bits per heavy atom. The van der Waals surface area contributed by atoms with Crippen LogP contribution in [0.5, 0.6) is 11.5 Å². The van der Waals surface area contributed by atoms with Gasteiger partial charge in [-0.1, -0.05) is 18.7 Å². The Hall–Kier alpha value is -5.17. The van der Waals surface area contributed by atoms with E-state index in [0.717, 1.165) is 87.3 Å². The van der Waals surface area contributed by atoms with Gasteiger partial charge in [0.1, 0.15) is 34.8 Å². The van der Waals surface area contributed by atoms with Crippen LogP contribution in [0.1, 0.15) is 11.1 Å². The first-order valence-corrected chi connectivity index (χ1v) is 15.8. The Kier molecular flexibility index (Phi) is 8.14. The number of pyridine rings is 1. The number of hydrogen-bond acceptors (Lipinski definition) is 10. The number of aryl methyl sites for hydroxylation is 1. The van der Waals surface area contributed by atoms with Crippen LogP contribution >= 0.6 is 11.3 Å². The summed E-state index contributed by atoms with van der Waals surface area (Å²) in [7, 11) is 2.15. The molecule has 0 atom stereocenters. The minimum Gasteiger partial charge on any atom is -0.457 e. The lowest BCUT2D eigenvalue weighted by Gasteiger charge is -2.32. The summed E-state index contributed by atoms with van der Waals surface area (Å²) < 4.78 is 7.83. The molecule has 11 nitrogen and oxygen atoms in total. The lowest BCUT2D eigenvalue weighted by molar-refractivity contribution is -0.111. The second-order valence-corrected chi connectivity index (χ2v) is 12.4. The third kappa shape index (κ3) is 6.31. The maximum atomic E-state index is 12.4. The SMILES string of the molecule is C=CC(=O)Nc1cc(-c2cc3c(Nc4ccc(Oc5ccn6ncnc6c5)c(C)c4)ncnc3s2)ccc1CN1CCN(C)CC1. The molecule has 232 valence electrons. The van der Waals surface area contributed by atoms with Crippen molar-refractivity contribution in [2.24, 2.45) is 0 Å². The molecule has 5 heterocycles. The number of anilines is 3. The fourth-order valence-electron chi connectivity index (χ4n) is 5.48. The molecular formula is C34H33N9O2S. The van der Waals surface area contributed by atoms with Crippen molar-refractivity contribution in [2.45, 2.75) is 13.5 Å². The second-order valence-electron chi connectivity index (χ2n) is 11.3. The van der Waals surface area contributed by atoms with E-state index in [1.807, 2.05) is 49.5 Å². The molecule has 46 heavy (non-hydrogen) atoms. The van der Waals surface area contributed by atoms with Crippen LogP contribution in [-0.2, 0) is 11.3 Å². The van der Waals surface area contributed by atoms with E-state index in [4.69, 9.17) is 4.74 Å². The first kappa shape index (κ1) is 29.5.